The van der Waals surface area contributed by atoms with Gasteiger partial charge in [-0.2, -0.15) is 0 Å². The Labute approximate surface area is 66.2 Å². The van der Waals surface area contributed by atoms with Gasteiger partial charge in [-0.05, 0) is 25.9 Å². The minimum Gasteiger partial charge on any atom is -0.473 e. The number of hydrogen-bond acceptors (Lipinski definition) is 2. The first-order chi connectivity index (χ1) is 4.73. The molecule has 4 heteroatoms. The topological polar surface area (TPSA) is 49.3 Å². The van der Waals surface area contributed by atoms with Crippen molar-refractivity contribution in [2.75, 3.05) is 13.1 Å². The van der Waals surface area contributed by atoms with Crippen LogP contribution in [0.25, 0.3) is 0 Å². The summed E-state index contributed by atoms with van der Waals surface area (Å²) in [5.41, 5.74) is 0. The number of rotatable bonds is 0. The van der Waals surface area contributed by atoms with Crippen LogP contribution in [0.2, 0.25) is 0 Å². The molecule has 2 N–H and O–H groups in total. The molecule has 1 aliphatic heterocycles. The lowest BCUT2D eigenvalue weighted by atomic mass is 10.2. The molecule has 0 unspecified atom stereocenters. The van der Waals surface area contributed by atoms with Gasteiger partial charge in [0.1, 0.15) is 0 Å². The molecule has 10 heavy (non-hydrogen) atoms. The van der Waals surface area contributed by atoms with E-state index in [1.54, 1.807) is 0 Å². The van der Waals surface area contributed by atoms with E-state index < -0.39 is 5.30 Å². The lowest BCUT2D eigenvalue weighted by Gasteiger charge is -2.08. The van der Waals surface area contributed by atoms with E-state index in [9.17, 15) is 0 Å². The highest BCUT2D eigenvalue weighted by molar-refractivity contribution is 7.96. The second-order valence-electron chi connectivity index (χ2n) is 2.09. The van der Waals surface area contributed by atoms with Crippen LogP contribution in [0.4, 0.5) is 4.79 Å². The van der Waals surface area contributed by atoms with Crippen molar-refractivity contribution in [3.63, 3.8) is 0 Å². The van der Waals surface area contributed by atoms with Crippen molar-refractivity contribution in [2.24, 2.45) is 0 Å². The number of carbonyl (C=O) groups is 1. The highest BCUT2D eigenvalue weighted by Crippen LogP contribution is 1.96. The number of hydrogen-bond donors (Lipinski definition) is 3. The molecule has 0 spiro atoms. The standard InChI is InChI=1S/C5H11N.CH2O2S/c1-2-4-6-5-3-1;2-1(3)4/h6H,1-5H2;4H,(H,2,3). The van der Waals surface area contributed by atoms with Gasteiger partial charge in [0.05, 0.1) is 0 Å². The molecule has 0 radical (unpaired) electrons. The van der Waals surface area contributed by atoms with E-state index in [2.05, 4.69) is 17.9 Å². The molecule has 60 valence electrons. The van der Waals surface area contributed by atoms with E-state index in [4.69, 9.17) is 9.90 Å². The molecule has 1 heterocycles. The summed E-state index contributed by atoms with van der Waals surface area (Å²) in [6, 6.07) is 0. The van der Waals surface area contributed by atoms with Crippen molar-refractivity contribution in [2.45, 2.75) is 19.3 Å². The van der Waals surface area contributed by atoms with Crippen molar-refractivity contribution in [3.8, 4) is 0 Å². The molecule has 0 bridgehead atoms. The van der Waals surface area contributed by atoms with Gasteiger partial charge in [-0.3, -0.25) is 0 Å². The zero-order valence-corrected chi connectivity index (χ0v) is 6.73. The van der Waals surface area contributed by atoms with E-state index in [0.717, 1.165) is 0 Å². The fourth-order valence-electron chi connectivity index (χ4n) is 0.802. The Morgan fingerprint density at radius 3 is 1.80 bits per heavy atom. The number of piperidine rings is 1. The molecule has 0 aliphatic carbocycles. The monoisotopic (exact) mass is 163 g/mol. The van der Waals surface area contributed by atoms with Crippen LogP contribution >= 0.6 is 12.6 Å². The van der Waals surface area contributed by atoms with E-state index in [0.29, 0.717) is 0 Å². The third-order valence-corrected chi connectivity index (χ3v) is 1.21. The number of carboxylic acid groups (broad SMARTS) is 1. The average molecular weight is 163 g/mol. The fourth-order valence-corrected chi connectivity index (χ4v) is 0.802. The summed E-state index contributed by atoms with van der Waals surface area (Å²) in [5.74, 6) is 0. The Morgan fingerprint density at radius 1 is 1.30 bits per heavy atom. The van der Waals surface area contributed by atoms with Crippen LogP contribution in [0.15, 0.2) is 0 Å². The van der Waals surface area contributed by atoms with E-state index in [1.165, 1.54) is 32.4 Å². The molecule has 1 fully saturated rings. The maximum atomic E-state index is 8.86. The summed E-state index contributed by atoms with van der Waals surface area (Å²) in [6.07, 6.45) is 4.22. The summed E-state index contributed by atoms with van der Waals surface area (Å²) in [6.45, 7) is 2.50. The normalized spacial score (nSPS) is 16.9. The van der Waals surface area contributed by atoms with E-state index in [-0.39, 0.29) is 0 Å². The van der Waals surface area contributed by atoms with Crippen LogP contribution in [0.1, 0.15) is 19.3 Å². The molecule has 0 amide bonds. The molecule has 0 aromatic carbocycles. The maximum absolute atomic E-state index is 8.86. The van der Waals surface area contributed by atoms with Gasteiger partial charge in [0.25, 0.3) is 0 Å². The van der Waals surface area contributed by atoms with Crippen LogP contribution in [0.3, 0.4) is 0 Å². The maximum Gasteiger partial charge on any atom is 0.361 e. The Bertz CT molecular complexity index is 78.2. The molecule has 0 saturated carbocycles. The minimum absolute atomic E-state index is 1.14. The number of nitrogens with one attached hydrogen (secondary N) is 1. The molecule has 0 aromatic rings. The zero-order chi connectivity index (χ0) is 7.82. The van der Waals surface area contributed by atoms with Gasteiger partial charge in [0, 0.05) is 0 Å². The van der Waals surface area contributed by atoms with Crippen molar-refractivity contribution in [3.05, 3.63) is 0 Å². The average Bonchev–Trinajstić information content (AvgIpc) is 1.90. The van der Waals surface area contributed by atoms with Crippen LogP contribution < -0.4 is 5.32 Å². The Hall–Kier alpha value is -0.220. The molecule has 1 rings (SSSR count). The van der Waals surface area contributed by atoms with Crippen LogP contribution in [0, 0.1) is 0 Å². The number of thiol groups is 1. The highest BCUT2D eigenvalue weighted by atomic mass is 32.1. The van der Waals surface area contributed by atoms with Crippen molar-refractivity contribution in [1.29, 1.82) is 0 Å². The van der Waals surface area contributed by atoms with Gasteiger partial charge in [0.2, 0.25) is 0 Å². The Kier molecular flexibility index (Phi) is 6.74. The quantitative estimate of drug-likeness (QED) is 0.472. The van der Waals surface area contributed by atoms with Gasteiger partial charge < -0.3 is 10.4 Å². The first-order valence-corrected chi connectivity index (χ1v) is 3.81. The molecule has 0 aromatic heterocycles. The smallest absolute Gasteiger partial charge is 0.361 e. The predicted octanol–water partition coefficient (Wildman–Crippen LogP) is 1.35. The van der Waals surface area contributed by atoms with Crippen molar-refractivity contribution < 1.29 is 9.90 Å². The van der Waals surface area contributed by atoms with Gasteiger partial charge >= 0.3 is 5.30 Å². The van der Waals surface area contributed by atoms with Gasteiger partial charge in [-0.15, -0.1) is 0 Å². The predicted molar refractivity (Wildman–Crippen MR) is 43.7 cm³/mol. The molecular weight excluding hydrogens is 150 g/mol. The third kappa shape index (κ3) is 10.7. The molecular formula is C6H13NO2S. The Morgan fingerprint density at radius 2 is 1.70 bits per heavy atom. The summed E-state index contributed by atoms with van der Waals surface area (Å²) in [5, 5.41) is 9.43. The molecule has 0 atom stereocenters. The lowest BCUT2D eigenvalue weighted by molar-refractivity contribution is 0.222. The second-order valence-corrected chi connectivity index (χ2v) is 2.48. The molecule has 3 nitrogen and oxygen atoms in total. The van der Waals surface area contributed by atoms with E-state index in [1.807, 2.05) is 0 Å². The van der Waals surface area contributed by atoms with Crippen LogP contribution in [-0.2, 0) is 0 Å². The van der Waals surface area contributed by atoms with Crippen molar-refractivity contribution >= 4 is 17.9 Å². The zero-order valence-electron chi connectivity index (χ0n) is 5.84. The SMILES string of the molecule is C1CCNCC1.O=C(O)S. The fraction of sp³-hybridized carbons (Fsp3) is 0.833. The summed E-state index contributed by atoms with van der Waals surface area (Å²) in [4.78, 5) is 8.86. The van der Waals surface area contributed by atoms with Gasteiger partial charge in [0.15, 0.2) is 0 Å². The molecule has 1 aliphatic rings. The van der Waals surface area contributed by atoms with Crippen LogP contribution in [0.5, 0.6) is 0 Å². The summed E-state index contributed by atoms with van der Waals surface area (Å²) in [7, 11) is 0. The molecule has 1 saturated heterocycles. The lowest BCUT2D eigenvalue weighted by Crippen LogP contribution is -2.21. The largest absolute Gasteiger partial charge is 0.473 e. The van der Waals surface area contributed by atoms with E-state index >= 15 is 0 Å². The first kappa shape index (κ1) is 9.78. The summed E-state index contributed by atoms with van der Waals surface area (Å²) >= 11 is 2.88. The first-order valence-electron chi connectivity index (χ1n) is 3.36. The highest BCUT2D eigenvalue weighted by Gasteiger charge is 1.93. The van der Waals surface area contributed by atoms with Gasteiger partial charge in [-0.1, -0.05) is 19.0 Å². The van der Waals surface area contributed by atoms with Crippen LogP contribution in [-0.4, -0.2) is 23.5 Å². The minimum atomic E-state index is -1.14. The van der Waals surface area contributed by atoms with Gasteiger partial charge in [-0.25, -0.2) is 4.79 Å². The van der Waals surface area contributed by atoms with Crippen molar-refractivity contribution in [1.82, 2.24) is 5.32 Å². The Balaban J connectivity index is 0.000000180. The second kappa shape index (κ2) is 6.89. The summed E-state index contributed by atoms with van der Waals surface area (Å²) < 4.78 is 0. The third-order valence-electron chi connectivity index (χ3n) is 1.21.